The van der Waals surface area contributed by atoms with Gasteiger partial charge in [0.15, 0.2) is 0 Å². The molecule has 1 aliphatic heterocycles. The van der Waals surface area contributed by atoms with Gasteiger partial charge in [0, 0.05) is 11.8 Å². The molecule has 0 spiro atoms. The molecule has 21 heavy (non-hydrogen) atoms. The molecule has 0 amide bonds. The van der Waals surface area contributed by atoms with Gasteiger partial charge in [0.1, 0.15) is 5.78 Å². The van der Waals surface area contributed by atoms with Gasteiger partial charge in [-0.1, -0.05) is 13.8 Å². The molecule has 4 saturated carbocycles. The largest absolute Gasteiger partial charge is 0.370 e. The van der Waals surface area contributed by atoms with E-state index >= 15 is 0 Å². The number of carbonyl (C=O) groups excluding carboxylic acids is 1. The summed E-state index contributed by atoms with van der Waals surface area (Å²) in [6.45, 7) is 4.87. The molecule has 116 valence electrons. The van der Waals surface area contributed by atoms with Gasteiger partial charge in [-0.3, -0.25) is 4.79 Å². The van der Waals surface area contributed by atoms with Crippen LogP contribution in [0.4, 0.5) is 0 Å². The van der Waals surface area contributed by atoms with E-state index in [2.05, 4.69) is 13.8 Å². The fourth-order valence-corrected chi connectivity index (χ4v) is 7.29. The van der Waals surface area contributed by atoms with Crippen molar-refractivity contribution in [1.82, 2.24) is 0 Å². The third-order valence-corrected chi connectivity index (χ3v) is 8.62. The number of fused-ring (bicyclic) bond motifs is 6. The van der Waals surface area contributed by atoms with Crippen molar-refractivity contribution in [3.8, 4) is 0 Å². The number of hydrogen-bond acceptors (Lipinski definition) is 2. The van der Waals surface area contributed by atoms with E-state index in [1.165, 1.54) is 38.5 Å². The maximum atomic E-state index is 12.4. The van der Waals surface area contributed by atoms with Gasteiger partial charge in [-0.15, -0.1) is 0 Å². The van der Waals surface area contributed by atoms with Crippen LogP contribution in [0.25, 0.3) is 0 Å². The van der Waals surface area contributed by atoms with Crippen LogP contribution in [-0.4, -0.2) is 18.0 Å². The number of epoxide rings is 1. The average molecular weight is 288 g/mol. The first-order valence-electron chi connectivity index (χ1n) is 9.21. The summed E-state index contributed by atoms with van der Waals surface area (Å²) in [4.78, 5) is 12.4. The number of hydrogen-bond donors (Lipinski definition) is 0. The molecule has 1 heterocycles. The quantitative estimate of drug-likeness (QED) is 0.631. The Morgan fingerprint density at radius 1 is 1.05 bits per heavy atom. The lowest BCUT2D eigenvalue weighted by Gasteiger charge is -2.59. The Kier molecular flexibility index (Phi) is 2.45. The number of Topliss-reactive ketones (excluding diaryl/α,β-unsaturated/α-hetero) is 1. The van der Waals surface area contributed by atoms with E-state index in [0.717, 1.165) is 30.6 Å². The third kappa shape index (κ3) is 1.56. The lowest BCUT2D eigenvalue weighted by molar-refractivity contribution is -0.137. The summed E-state index contributed by atoms with van der Waals surface area (Å²) in [5.74, 6) is 3.85. The summed E-state index contributed by atoms with van der Waals surface area (Å²) in [6.07, 6.45) is 11.1. The minimum absolute atomic E-state index is 0.0393. The minimum atomic E-state index is 0.0393. The van der Waals surface area contributed by atoms with Gasteiger partial charge in [-0.25, -0.2) is 0 Å². The zero-order valence-corrected chi connectivity index (χ0v) is 13.4. The predicted molar refractivity (Wildman–Crippen MR) is 80.8 cm³/mol. The zero-order valence-electron chi connectivity index (χ0n) is 13.4. The summed E-state index contributed by atoms with van der Waals surface area (Å²) in [5, 5.41) is 0. The molecule has 0 aromatic carbocycles. The SMILES string of the molecule is C[C@]12C[C@@H]3O[C@@H]3C[C@@H]1CC[C@@H]1[C@@H]2CC[C@]2(C)C(=O)CC[C@@H]12. The molecule has 8 atom stereocenters. The first-order valence-corrected chi connectivity index (χ1v) is 9.21. The van der Waals surface area contributed by atoms with Gasteiger partial charge in [0.05, 0.1) is 12.2 Å². The molecule has 0 aromatic heterocycles. The second kappa shape index (κ2) is 3.93. The fourth-order valence-electron chi connectivity index (χ4n) is 7.29. The Bertz CT molecular complexity index is 500. The van der Waals surface area contributed by atoms with E-state index < -0.39 is 0 Å². The molecule has 1 saturated heterocycles. The molecule has 5 aliphatic rings. The van der Waals surface area contributed by atoms with Crippen LogP contribution < -0.4 is 0 Å². The maximum Gasteiger partial charge on any atom is 0.139 e. The van der Waals surface area contributed by atoms with E-state index in [1.807, 2.05) is 0 Å². The fraction of sp³-hybridized carbons (Fsp3) is 0.947. The molecule has 0 unspecified atom stereocenters. The van der Waals surface area contributed by atoms with E-state index in [0.29, 0.717) is 29.3 Å². The summed E-state index contributed by atoms with van der Waals surface area (Å²) >= 11 is 0. The zero-order chi connectivity index (χ0) is 14.4. The monoisotopic (exact) mass is 288 g/mol. The Labute approximate surface area is 128 Å². The molecule has 5 rings (SSSR count). The van der Waals surface area contributed by atoms with Crippen LogP contribution in [0.15, 0.2) is 0 Å². The standard InChI is InChI=1S/C19H28O2/c1-18-8-7-14-12(13(18)5-6-17(18)20)4-3-11-9-15-16(21-15)10-19(11,14)2/h11-16H,3-10H2,1-2H3/t11-,12-,13-,14-,15+,16-,18-,19-/m0/s1. The highest BCUT2D eigenvalue weighted by Crippen LogP contribution is 2.67. The van der Waals surface area contributed by atoms with E-state index in [9.17, 15) is 4.79 Å². The maximum absolute atomic E-state index is 12.4. The lowest BCUT2D eigenvalue weighted by Crippen LogP contribution is -2.53. The number of ether oxygens (including phenoxy) is 1. The van der Waals surface area contributed by atoms with Crippen molar-refractivity contribution in [3.63, 3.8) is 0 Å². The second-order valence-corrected chi connectivity index (χ2v) is 9.23. The Hall–Kier alpha value is -0.370. The smallest absolute Gasteiger partial charge is 0.139 e. The van der Waals surface area contributed by atoms with Crippen LogP contribution in [0.1, 0.15) is 65.2 Å². The van der Waals surface area contributed by atoms with Crippen molar-refractivity contribution in [2.24, 2.45) is 34.5 Å². The molecule has 0 bridgehead atoms. The first-order chi connectivity index (χ1) is 10.0. The summed E-state index contributed by atoms with van der Waals surface area (Å²) in [6, 6.07) is 0. The van der Waals surface area contributed by atoms with Crippen molar-refractivity contribution in [3.05, 3.63) is 0 Å². The van der Waals surface area contributed by atoms with Gasteiger partial charge in [0.2, 0.25) is 0 Å². The summed E-state index contributed by atoms with van der Waals surface area (Å²) < 4.78 is 5.88. The minimum Gasteiger partial charge on any atom is -0.370 e. The average Bonchev–Trinajstić information content (AvgIpc) is 3.12. The molecule has 2 heteroatoms. The summed E-state index contributed by atoms with van der Waals surface area (Å²) in [5.41, 5.74) is 0.547. The third-order valence-electron chi connectivity index (χ3n) is 8.62. The molecule has 0 aromatic rings. The highest BCUT2D eigenvalue weighted by molar-refractivity contribution is 5.87. The first kappa shape index (κ1) is 13.1. The molecular weight excluding hydrogens is 260 g/mol. The van der Waals surface area contributed by atoms with Crippen LogP contribution in [0, 0.1) is 34.5 Å². The summed E-state index contributed by atoms with van der Waals surface area (Å²) in [7, 11) is 0. The van der Waals surface area contributed by atoms with Crippen LogP contribution in [-0.2, 0) is 9.53 Å². The van der Waals surface area contributed by atoms with Gasteiger partial charge in [0.25, 0.3) is 0 Å². The normalized spacial score (nSPS) is 61.5. The van der Waals surface area contributed by atoms with Gasteiger partial charge in [-0.2, -0.15) is 0 Å². The van der Waals surface area contributed by atoms with Gasteiger partial charge in [-0.05, 0) is 74.0 Å². The number of rotatable bonds is 0. The highest BCUT2D eigenvalue weighted by atomic mass is 16.6. The molecular formula is C19H28O2. The van der Waals surface area contributed by atoms with Gasteiger partial charge >= 0.3 is 0 Å². The Morgan fingerprint density at radius 2 is 1.90 bits per heavy atom. The molecule has 5 fully saturated rings. The highest BCUT2D eigenvalue weighted by Gasteiger charge is 2.63. The van der Waals surface area contributed by atoms with Crippen LogP contribution >= 0.6 is 0 Å². The Balaban J connectivity index is 1.49. The lowest BCUT2D eigenvalue weighted by atomic mass is 9.45. The van der Waals surface area contributed by atoms with Crippen molar-refractivity contribution < 1.29 is 9.53 Å². The second-order valence-electron chi connectivity index (χ2n) is 9.23. The molecule has 0 radical (unpaired) electrons. The molecule has 0 N–H and O–H groups in total. The molecule has 2 nitrogen and oxygen atoms in total. The van der Waals surface area contributed by atoms with Crippen molar-refractivity contribution in [1.29, 1.82) is 0 Å². The van der Waals surface area contributed by atoms with Crippen LogP contribution in [0.5, 0.6) is 0 Å². The van der Waals surface area contributed by atoms with E-state index in [1.54, 1.807) is 0 Å². The van der Waals surface area contributed by atoms with Crippen molar-refractivity contribution in [2.75, 3.05) is 0 Å². The van der Waals surface area contributed by atoms with Crippen LogP contribution in [0.2, 0.25) is 0 Å². The van der Waals surface area contributed by atoms with Crippen LogP contribution in [0.3, 0.4) is 0 Å². The van der Waals surface area contributed by atoms with Crippen molar-refractivity contribution in [2.45, 2.75) is 77.4 Å². The van der Waals surface area contributed by atoms with Gasteiger partial charge < -0.3 is 4.74 Å². The van der Waals surface area contributed by atoms with E-state index in [-0.39, 0.29) is 5.41 Å². The van der Waals surface area contributed by atoms with Crippen molar-refractivity contribution >= 4 is 5.78 Å². The predicted octanol–water partition coefficient (Wildman–Crippen LogP) is 3.98. The topological polar surface area (TPSA) is 29.6 Å². The van der Waals surface area contributed by atoms with E-state index in [4.69, 9.17) is 4.74 Å². The number of carbonyl (C=O) groups is 1. The Morgan fingerprint density at radius 3 is 2.76 bits per heavy atom. The number of ketones is 1. The molecule has 4 aliphatic carbocycles.